The van der Waals surface area contributed by atoms with Crippen LogP contribution >= 0.6 is 11.6 Å². The first-order valence-corrected chi connectivity index (χ1v) is 6.33. The third-order valence-electron chi connectivity index (χ3n) is 2.52. The number of amides is 1. The van der Waals surface area contributed by atoms with Crippen LogP contribution in [0.15, 0.2) is 30.3 Å². The molecule has 1 aromatic heterocycles. The van der Waals surface area contributed by atoms with Crippen LogP contribution in [-0.2, 0) is 4.79 Å². The fraction of sp³-hybridized carbons (Fsp3) is 0.200. The molecule has 4 heteroatoms. The minimum atomic E-state index is -0.0489. The van der Waals surface area contributed by atoms with Gasteiger partial charge in [-0.2, -0.15) is 0 Å². The second-order valence-electron chi connectivity index (χ2n) is 4.05. The minimum Gasteiger partial charge on any atom is -0.355 e. The van der Waals surface area contributed by atoms with E-state index in [9.17, 15) is 4.79 Å². The molecule has 0 radical (unpaired) electrons. The number of hydrogen-bond donors (Lipinski definition) is 1. The van der Waals surface area contributed by atoms with Crippen LogP contribution in [0, 0.1) is 11.8 Å². The topological polar surface area (TPSA) is 42.0 Å². The Labute approximate surface area is 117 Å². The van der Waals surface area contributed by atoms with Gasteiger partial charge in [-0.15, -0.1) is 0 Å². The largest absolute Gasteiger partial charge is 0.355 e. The van der Waals surface area contributed by atoms with Crippen molar-refractivity contribution in [2.45, 2.75) is 13.3 Å². The number of halogens is 1. The van der Waals surface area contributed by atoms with E-state index in [4.69, 9.17) is 11.6 Å². The Kier molecular flexibility index (Phi) is 4.38. The summed E-state index contributed by atoms with van der Waals surface area (Å²) in [5.74, 6) is 5.91. The molecule has 0 aliphatic carbocycles. The summed E-state index contributed by atoms with van der Waals surface area (Å²) in [5.41, 5.74) is 1.57. The smallest absolute Gasteiger partial charge is 0.216 e. The van der Waals surface area contributed by atoms with E-state index in [-0.39, 0.29) is 5.91 Å². The number of nitrogens with zero attached hydrogens (tertiary/aromatic N) is 1. The Morgan fingerprint density at radius 3 is 3.00 bits per heavy atom. The van der Waals surface area contributed by atoms with Crippen molar-refractivity contribution >= 4 is 28.4 Å². The predicted molar refractivity (Wildman–Crippen MR) is 76.9 cm³/mol. The average Bonchev–Trinajstić information content (AvgIpc) is 2.38. The van der Waals surface area contributed by atoms with Gasteiger partial charge in [-0.25, -0.2) is 4.98 Å². The molecule has 96 valence electrons. The molecule has 1 N–H and O–H groups in total. The van der Waals surface area contributed by atoms with Crippen molar-refractivity contribution < 1.29 is 4.79 Å². The third-order valence-corrected chi connectivity index (χ3v) is 2.81. The summed E-state index contributed by atoms with van der Waals surface area (Å²) in [6.45, 7) is 2.03. The Hall–Kier alpha value is -2.05. The number of para-hydroxylation sites is 1. The summed E-state index contributed by atoms with van der Waals surface area (Å²) in [7, 11) is 0. The molecule has 1 aromatic carbocycles. The van der Waals surface area contributed by atoms with Gasteiger partial charge in [0, 0.05) is 25.3 Å². The number of benzene rings is 1. The zero-order valence-corrected chi connectivity index (χ0v) is 11.3. The summed E-state index contributed by atoms with van der Waals surface area (Å²) in [5, 5.41) is 4.11. The van der Waals surface area contributed by atoms with Crippen LogP contribution in [0.1, 0.15) is 18.9 Å². The van der Waals surface area contributed by atoms with Crippen molar-refractivity contribution in [3.8, 4) is 11.8 Å². The lowest BCUT2D eigenvalue weighted by molar-refractivity contribution is -0.118. The molecule has 0 fully saturated rings. The Morgan fingerprint density at radius 2 is 2.21 bits per heavy atom. The van der Waals surface area contributed by atoms with Gasteiger partial charge in [0.2, 0.25) is 5.91 Å². The summed E-state index contributed by atoms with van der Waals surface area (Å²) in [4.78, 5) is 15.0. The van der Waals surface area contributed by atoms with Gasteiger partial charge >= 0.3 is 0 Å². The number of pyridine rings is 1. The molecule has 0 bridgehead atoms. The molecular weight excluding hydrogens is 260 g/mol. The summed E-state index contributed by atoms with van der Waals surface area (Å²) >= 11 is 6.08. The lowest BCUT2D eigenvalue weighted by atomic mass is 10.1. The van der Waals surface area contributed by atoms with E-state index in [0.717, 1.165) is 10.9 Å². The van der Waals surface area contributed by atoms with E-state index in [1.165, 1.54) is 6.92 Å². The van der Waals surface area contributed by atoms with E-state index in [2.05, 4.69) is 22.1 Å². The Morgan fingerprint density at radius 1 is 1.42 bits per heavy atom. The number of carbonyl (C=O) groups is 1. The SMILES string of the molecule is CC(=O)NCCC#Cc1cc2ccccc2nc1Cl. The molecule has 1 amide bonds. The number of hydrogen-bond acceptors (Lipinski definition) is 2. The van der Waals surface area contributed by atoms with E-state index < -0.39 is 0 Å². The Balaban J connectivity index is 2.14. The van der Waals surface area contributed by atoms with E-state index >= 15 is 0 Å². The van der Waals surface area contributed by atoms with Crippen LogP contribution in [-0.4, -0.2) is 17.4 Å². The van der Waals surface area contributed by atoms with Crippen LogP contribution in [0.3, 0.4) is 0 Å². The molecule has 0 spiro atoms. The molecule has 0 aliphatic heterocycles. The average molecular weight is 273 g/mol. The first kappa shape index (κ1) is 13.4. The molecule has 2 aromatic rings. The van der Waals surface area contributed by atoms with Gasteiger partial charge in [0.05, 0.1) is 11.1 Å². The predicted octanol–water partition coefficient (Wildman–Crippen LogP) is 2.77. The molecule has 0 unspecified atom stereocenters. The molecule has 0 saturated heterocycles. The summed E-state index contributed by atoms with van der Waals surface area (Å²) in [6.07, 6.45) is 0.586. The highest BCUT2D eigenvalue weighted by atomic mass is 35.5. The van der Waals surface area contributed by atoms with Crippen molar-refractivity contribution in [2.75, 3.05) is 6.54 Å². The third kappa shape index (κ3) is 3.70. The number of rotatable bonds is 2. The monoisotopic (exact) mass is 272 g/mol. The quantitative estimate of drug-likeness (QED) is 0.519. The van der Waals surface area contributed by atoms with Gasteiger partial charge < -0.3 is 5.32 Å². The number of carbonyl (C=O) groups excluding carboxylic acids is 1. The normalized spacial score (nSPS) is 9.79. The maximum Gasteiger partial charge on any atom is 0.216 e. The van der Waals surface area contributed by atoms with E-state index in [1.54, 1.807) is 0 Å². The molecular formula is C15H13ClN2O. The van der Waals surface area contributed by atoms with Gasteiger partial charge in [-0.1, -0.05) is 41.6 Å². The van der Waals surface area contributed by atoms with E-state index in [1.807, 2.05) is 30.3 Å². The van der Waals surface area contributed by atoms with Crippen LogP contribution < -0.4 is 5.32 Å². The molecule has 0 aliphatic rings. The van der Waals surface area contributed by atoms with Crippen molar-refractivity contribution in [3.05, 3.63) is 41.0 Å². The maximum atomic E-state index is 10.7. The van der Waals surface area contributed by atoms with Gasteiger partial charge in [-0.05, 0) is 12.1 Å². The minimum absolute atomic E-state index is 0.0489. The van der Waals surface area contributed by atoms with Crippen molar-refractivity contribution in [1.29, 1.82) is 0 Å². The number of nitrogens with one attached hydrogen (secondary N) is 1. The second-order valence-corrected chi connectivity index (χ2v) is 4.41. The first-order chi connectivity index (χ1) is 9.16. The van der Waals surface area contributed by atoms with Gasteiger partial charge in [0.15, 0.2) is 0 Å². The lowest BCUT2D eigenvalue weighted by Crippen LogP contribution is -2.20. The molecule has 2 rings (SSSR count). The van der Waals surface area contributed by atoms with Crippen LogP contribution in [0.4, 0.5) is 0 Å². The fourth-order valence-electron chi connectivity index (χ4n) is 1.64. The first-order valence-electron chi connectivity index (χ1n) is 5.95. The summed E-state index contributed by atoms with van der Waals surface area (Å²) < 4.78 is 0. The van der Waals surface area contributed by atoms with Crippen LogP contribution in [0.25, 0.3) is 10.9 Å². The molecule has 0 atom stereocenters. The molecule has 0 saturated carbocycles. The molecule has 1 heterocycles. The van der Waals surface area contributed by atoms with Crippen LogP contribution in [0.5, 0.6) is 0 Å². The highest BCUT2D eigenvalue weighted by Crippen LogP contribution is 2.19. The van der Waals surface area contributed by atoms with Crippen molar-refractivity contribution in [2.24, 2.45) is 0 Å². The van der Waals surface area contributed by atoms with Gasteiger partial charge in [-0.3, -0.25) is 4.79 Å². The maximum absolute atomic E-state index is 10.7. The summed E-state index contributed by atoms with van der Waals surface area (Å²) in [6, 6.07) is 9.68. The zero-order chi connectivity index (χ0) is 13.7. The van der Waals surface area contributed by atoms with E-state index in [0.29, 0.717) is 23.7 Å². The van der Waals surface area contributed by atoms with Gasteiger partial charge in [0.1, 0.15) is 5.15 Å². The fourth-order valence-corrected chi connectivity index (χ4v) is 1.83. The highest BCUT2D eigenvalue weighted by Gasteiger charge is 2.01. The van der Waals surface area contributed by atoms with Crippen LogP contribution in [0.2, 0.25) is 5.15 Å². The lowest BCUT2D eigenvalue weighted by Gasteiger charge is -2.00. The molecule has 19 heavy (non-hydrogen) atoms. The number of aromatic nitrogens is 1. The molecule has 3 nitrogen and oxygen atoms in total. The zero-order valence-electron chi connectivity index (χ0n) is 10.5. The second kappa shape index (κ2) is 6.21. The van der Waals surface area contributed by atoms with Crippen molar-refractivity contribution in [1.82, 2.24) is 10.3 Å². The highest BCUT2D eigenvalue weighted by molar-refractivity contribution is 6.31. The van der Waals surface area contributed by atoms with Gasteiger partial charge in [0.25, 0.3) is 0 Å². The number of fused-ring (bicyclic) bond motifs is 1. The standard InChI is InChI=1S/C15H13ClN2O/c1-11(19)17-9-5-4-7-13-10-12-6-2-3-8-14(12)18-15(13)16/h2-3,6,8,10H,5,9H2,1H3,(H,17,19). The Bertz CT molecular complexity index is 671. The van der Waals surface area contributed by atoms with Crippen molar-refractivity contribution in [3.63, 3.8) is 0 Å².